The number of rotatable bonds is 2. The number of cyclic esters (lactones) is 1. The first-order valence-electron chi connectivity index (χ1n) is 4.99. The van der Waals surface area contributed by atoms with Gasteiger partial charge in [0.1, 0.15) is 5.60 Å². The zero-order valence-electron chi connectivity index (χ0n) is 8.57. The maximum absolute atomic E-state index is 11.2. The average molecular weight is 280 g/mol. The summed E-state index contributed by atoms with van der Waals surface area (Å²) in [4.78, 5) is 11.2. The van der Waals surface area contributed by atoms with Gasteiger partial charge < -0.3 is 4.74 Å². The maximum Gasteiger partial charge on any atom is 0.306 e. The highest BCUT2D eigenvalue weighted by Gasteiger charge is 2.40. The van der Waals surface area contributed by atoms with Gasteiger partial charge in [0.05, 0.1) is 11.6 Å². The van der Waals surface area contributed by atoms with E-state index < -0.39 is 5.60 Å². The number of carbonyl (C=O) groups is 1. The second kappa shape index (κ2) is 4.26. The summed E-state index contributed by atoms with van der Waals surface area (Å²) in [6, 6.07) is 9.24. The van der Waals surface area contributed by atoms with Crippen LogP contribution < -0.4 is 0 Å². The fourth-order valence-corrected chi connectivity index (χ4v) is 2.57. The summed E-state index contributed by atoms with van der Waals surface area (Å²) in [6.07, 6.45) is 1.13. The molecule has 1 aromatic rings. The molecule has 3 nitrogen and oxygen atoms in total. The predicted octanol–water partition coefficient (Wildman–Crippen LogP) is 2.49. The molecular formula is C12H10BrNO2. The summed E-state index contributed by atoms with van der Waals surface area (Å²) in [6.45, 7) is 0. The molecule has 0 aromatic heterocycles. The number of ether oxygens (including phenoxy) is 1. The third kappa shape index (κ3) is 1.83. The van der Waals surface area contributed by atoms with Crippen molar-refractivity contribution < 1.29 is 9.53 Å². The van der Waals surface area contributed by atoms with E-state index in [2.05, 4.69) is 22.0 Å². The Bertz CT molecular complexity index is 449. The van der Waals surface area contributed by atoms with Gasteiger partial charge >= 0.3 is 5.97 Å². The Hall–Kier alpha value is -1.34. The van der Waals surface area contributed by atoms with Gasteiger partial charge in [0.2, 0.25) is 0 Å². The molecule has 0 spiro atoms. The lowest BCUT2D eigenvalue weighted by Gasteiger charge is -2.25. The Morgan fingerprint density at radius 1 is 1.44 bits per heavy atom. The van der Waals surface area contributed by atoms with Crippen LogP contribution in [0.15, 0.2) is 24.3 Å². The molecule has 1 aromatic carbocycles. The van der Waals surface area contributed by atoms with E-state index in [1.807, 2.05) is 12.1 Å². The van der Waals surface area contributed by atoms with Gasteiger partial charge in [0.15, 0.2) is 0 Å². The Morgan fingerprint density at radius 3 is 2.56 bits per heavy atom. The van der Waals surface area contributed by atoms with Crippen molar-refractivity contribution in [3.8, 4) is 6.07 Å². The van der Waals surface area contributed by atoms with Crippen LogP contribution in [0.3, 0.4) is 0 Å². The molecule has 0 aliphatic carbocycles. The molecule has 0 amide bonds. The summed E-state index contributed by atoms with van der Waals surface area (Å²) in [5.41, 5.74) is 0.998. The van der Waals surface area contributed by atoms with Gasteiger partial charge in [-0.25, -0.2) is 0 Å². The van der Waals surface area contributed by atoms with Gasteiger partial charge in [-0.1, -0.05) is 28.1 Å². The lowest BCUT2D eigenvalue weighted by Crippen LogP contribution is -2.27. The van der Waals surface area contributed by atoms with Crippen LogP contribution in [-0.4, -0.2) is 11.3 Å². The van der Waals surface area contributed by atoms with Crippen LogP contribution in [0.2, 0.25) is 0 Å². The van der Waals surface area contributed by atoms with Crippen molar-refractivity contribution in [2.75, 3.05) is 5.33 Å². The van der Waals surface area contributed by atoms with Crippen molar-refractivity contribution in [2.24, 2.45) is 0 Å². The average Bonchev–Trinajstić information content (AvgIpc) is 2.72. The van der Waals surface area contributed by atoms with Crippen LogP contribution in [0.1, 0.15) is 24.0 Å². The van der Waals surface area contributed by atoms with E-state index in [1.54, 1.807) is 12.1 Å². The number of esters is 1. The molecule has 0 radical (unpaired) electrons. The van der Waals surface area contributed by atoms with Gasteiger partial charge in [-0.15, -0.1) is 0 Å². The highest BCUT2D eigenvalue weighted by Crippen LogP contribution is 2.38. The number of alkyl halides is 1. The number of benzene rings is 1. The molecule has 0 N–H and O–H groups in total. The number of nitrogens with zero attached hydrogens (tertiary/aromatic N) is 1. The smallest absolute Gasteiger partial charge is 0.306 e. The largest absolute Gasteiger partial charge is 0.453 e. The van der Waals surface area contributed by atoms with Crippen molar-refractivity contribution >= 4 is 21.9 Å². The van der Waals surface area contributed by atoms with E-state index in [4.69, 9.17) is 10.00 Å². The molecule has 4 heteroatoms. The Balaban J connectivity index is 2.34. The molecule has 0 bridgehead atoms. The quantitative estimate of drug-likeness (QED) is 0.617. The van der Waals surface area contributed by atoms with Crippen LogP contribution in [0.4, 0.5) is 0 Å². The lowest BCUT2D eigenvalue weighted by molar-refractivity contribution is -0.147. The van der Waals surface area contributed by atoms with Crippen LogP contribution in [-0.2, 0) is 15.1 Å². The van der Waals surface area contributed by atoms with E-state index in [1.165, 1.54) is 0 Å². The summed E-state index contributed by atoms with van der Waals surface area (Å²) in [5.74, 6) is -0.163. The van der Waals surface area contributed by atoms with Crippen LogP contribution >= 0.6 is 15.9 Å². The van der Waals surface area contributed by atoms with E-state index in [0.717, 1.165) is 5.56 Å². The van der Waals surface area contributed by atoms with Gasteiger partial charge in [-0.05, 0) is 17.7 Å². The minimum atomic E-state index is -0.551. The fourth-order valence-electron chi connectivity index (χ4n) is 1.85. The molecule has 1 fully saturated rings. The minimum absolute atomic E-state index is 0.163. The minimum Gasteiger partial charge on any atom is -0.453 e. The first kappa shape index (κ1) is 11.2. The summed E-state index contributed by atoms with van der Waals surface area (Å²) < 4.78 is 5.39. The number of nitriles is 1. The normalized spacial score (nSPS) is 23.9. The molecule has 0 unspecified atom stereocenters. The van der Waals surface area contributed by atoms with Crippen molar-refractivity contribution in [3.05, 3.63) is 35.4 Å². The molecule has 1 atom stereocenters. The monoisotopic (exact) mass is 279 g/mol. The first-order chi connectivity index (χ1) is 7.70. The van der Waals surface area contributed by atoms with Crippen molar-refractivity contribution in [2.45, 2.75) is 18.4 Å². The third-order valence-electron chi connectivity index (χ3n) is 2.80. The highest BCUT2D eigenvalue weighted by molar-refractivity contribution is 9.09. The molecule has 82 valence electrons. The summed E-state index contributed by atoms with van der Waals surface area (Å²) in [5, 5.41) is 9.29. The SMILES string of the molecule is N#Cc1ccc([C@]2(CBr)CCC(=O)O2)cc1. The molecule has 2 rings (SSSR count). The van der Waals surface area contributed by atoms with Crippen LogP contribution in [0, 0.1) is 11.3 Å². The summed E-state index contributed by atoms with van der Waals surface area (Å²) in [7, 11) is 0. The van der Waals surface area contributed by atoms with Gasteiger partial charge in [-0.2, -0.15) is 5.26 Å². The number of hydrogen-bond acceptors (Lipinski definition) is 3. The molecular weight excluding hydrogens is 270 g/mol. The number of halogens is 1. The topological polar surface area (TPSA) is 50.1 Å². The predicted molar refractivity (Wildman–Crippen MR) is 62.0 cm³/mol. The van der Waals surface area contributed by atoms with Crippen molar-refractivity contribution in [3.63, 3.8) is 0 Å². The standard InChI is InChI=1S/C12H10BrNO2/c13-8-12(6-5-11(15)16-12)10-3-1-9(7-14)2-4-10/h1-4H,5-6,8H2/t12-/m1/s1. The van der Waals surface area contributed by atoms with Gasteiger partial charge in [-0.3, -0.25) is 4.79 Å². The molecule has 16 heavy (non-hydrogen) atoms. The van der Waals surface area contributed by atoms with Gasteiger partial charge in [0.25, 0.3) is 0 Å². The fraction of sp³-hybridized carbons (Fsp3) is 0.333. The second-order valence-electron chi connectivity index (χ2n) is 3.79. The third-order valence-corrected chi connectivity index (χ3v) is 3.70. The molecule has 1 heterocycles. The molecule has 0 saturated carbocycles. The summed E-state index contributed by atoms with van der Waals surface area (Å²) >= 11 is 3.39. The van der Waals surface area contributed by atoms with E-state index in [-0.39, 0.29) is 5.97 Å². The number of hydrogen-bond donors (Lipinski definition) is 0. The zero-order chi connectivity index (χ0) is 11.6. The Labute approximate surface area is 102 Å². The van der Waals surface area contributed by atoms with E-state index >= 15 is 0 Å². The molecule has 1 saturated heterocycles. The second-order valence-corrected chi connectivity index (χ2v) is 4.35. The molecule has 1 aliphatic rings. The highest BCUT2D eigenvalue weighted by atomic mass is 79.9. The van der Waals surface area contributed by atoms with E-state index in [9.17, 15) is 4.79 Å². The molecule has 1 aliphatic heterocycles. The first-order valence-corrected chi connectivity index (χ1v) is 6.11. The van der Waals surface area contributed by atoms with Crippen LogP contribution in [0.25, 0.3) is 0 Å². The van der Waals surface area contributed by atoms with Crippen molar-refractivity contribution in [1.29, 1.82) is 5.26 Å². The zero-order valence-corrected chi connectivity index (χ0v) is 10.2. The maximum atomic E-state index is 11.2. The Kier molecular flexibility index (Phi) is 2.97. The Morgan fingerprint density at radius 2 is 2.12 bits per heavy atom. The van der Waals surface area contributed by atoms with Crippen LogP contribution in [0.5, 0.6) is 0 Å². The lowest BCUT2D eigenvalue weighted by atomic mass is 9.92. The van der Waals surface area contributed by atoms with Crippen molar-refractivity contribution in [1.82, 2.24) is 0 Å². The number of carbonyl (C=O) groups excluding carboxylic acids is 1. The van der Waals surface area contributed by atoms with Gasteiger partial charge in [0, 0.05) is 18.2 Å². The van der Waals surface area contributed by atoms with E-state index in [0.29, 0.717) is 23.7 Å².